The zero-order chi connectivity index (χ0) is 29.7. The standard InChI is InChI=1S/C19H24F15NO2/c1-3-5-8-35(9-6-4-2)10-7-12(36)37-11-13(20,21)14(22,23)15(24,25)16(26,27)17(28,29)18(30,31)19(32,33)34/h3-11H2,1-2H3. The van der Waals surface area contributed by atoms with Crippen molar-refractivity contribution in [1.82, 2.24) is 4.90 Å². The Labute approximate surface area is 201 Å². The van der Waals surface area contributed by atoms with Gasteiger partial charge in [-0.2, -0.15) is 65.9 Å². The van der Waals surface area contributed by atoms with Gasteiger partial charge in [-0.1, -0.05) is 26.7 Å². The van der Waals surface area contributed by atoms with Gasteiger partial charge in [0.05, 0.1) is 6.42 Å². The van der Waals surface area contributed by atoms with Crippen molar-refractivity contribution < 1.29 is 75.4 Å². The van der Waals surface area contributed by atoms with Gasteiger partial charge in [-0.05, 0) is 25.9 Å². The SMILES string of the molecule is CCCCN(CCCC)CCC(=O)OCC(F)(F)C(F)(F)C(F)(F)C(F)(F)C(F)(F)C(F)(F)C(F)(F)F. The van der Waals surface area contributed by atoms with Gasteiger partial charge in [0.15, 0.2) is 6.61 Å². The van der Waals surface area contributed by atoms with Gasteiger partial charge in [0, 0.05) is 6.54 Å². The second kappa shape index (κ2) is 12.1. The molecule has 0 aromatic rings. The number of rotatable bonds is 16. The summed E-state index contributed by atoms with van der Waals surface area (Å²) >= 11 is 0. The molecule has 37 heavy (non-hydrogen) atoms. The van der Waals surface area contributed by atoms with Crippen LogP contribution in [0, 0.1) is 0 Å². The predicted molar refractivity (Wildman–Crippen MR) is 97.6 cm³/mol. The Bertz CT molecular complexity index is 729. The average Bonchev–Trinajstić information content (AvgIpc) is 2.75. The van der Waals surface area contributed by atoms with E-state index in [1.807, 2.05) is 13.8 Å². The molecule has 0 amide bonds. The van der Waals surface area contributed by atoms with E-state index in [4.69, 9.17) is 0 Å². The van der Waals surface area contributed by atoms with Crippen LogP contribution in [0.15, 0.2) is 0 Å². The molecule has 0 aliphatic carbocycles. The lowest BCUT2D eigenvalue weighted by atomic mass is 9.91. The summed E-state index contributed by atoms with van der Waals surface area (Å²) in [4.78, 5) is 13.2. The molecule has 0 saturated carbocycles. The van der Waals surface area contributed by atoms with E-state index in [1.165, 1.54) is 0 Å². The number of esters is 1. The second-order valence-electron chi connectivity index (χ2n) is 8.03. The maximum atomic E-state index is 13.7. The number of nitrogens with zero attached hydrogens (tertiary/aromatic N) is 1. The van der Waals surface area contributed by atoms with Crippen LogP contribution in [0.25, 0.3) is 0 Å². The van der Waals surface area contributed by atoms with Crippen LogP contribution >= 0.6 is 0 Å². The topological polar surface area (TPSA) is 29.5 Å². The van der Waals surface area contributed by atoms with E-state index in [2.05, 4.69) is 4.74 Å². The molecule has 0 unspecified atom stereocenters. The van der Waals surface area contributed by atoms with E-state index in [1.54, 1.807) is 4.90 Å². The minimum absolute atomic E-state index is 0.187. The molecule has 0 rings (SSSR count). The van der Waals surface area contributed by atoms with Crippen LogP contribution in [0.3, 0.4) is 0 Å². The molecule has 0 heterocycles. The van der Waals surface area contributed by atoms with Crippen LogP contribution in [0.1, 0.15) is 46.0 Å². The average molecular weight is 583 g/mol. The number of alkyl halides is 15. The zero-order valence-corrected chi connectivity index (χ0v) is 19.3. The van der Waals surface area contributed by atoms with Crippen molar-refractivity contribution in [3.8, 4) is 0 Å². The van der Waals surface area contributed by atoms with Gasteiger partial charge in [0.25, 0.3) is 0 Å². The third kappa shape index (κ3) is 7.07. The number of hydrogen-bond acceptors (Lipinski definition) is 3. The van der Waals surface area contributed by atoms with Crippen LogP contribution in [0.4, 0.5) is 65.9 Å². The molecule has 0 aromatic heterocycles. The molecule has 3 nitrogen and oxygen atoms in total. The summed E-state index contributed by atoms with van der Waals surface area (Å²) in [5, 5.41) is 0. The van der Waals surface area contributed by atoms with Gasteiger partial charge >= 0.3 is 47.7 Å². The van der Waals surface area contributed by atoms with Gasteiger partial charge in [0.1, 0.15) is 0 Å². The molecule has 0 atom stereocenters. The van der Waals surface area contributed by atoms with Crippen molar-refractivity contribution in [1.29, 1.82) is 0 Å². The van der Waals surface area contributed by atoms with Crippen molar-refractivity contribution in [2.45, 2.75) is 87.7 Å². The first kappa shape index (κ1) is 35.4. The number of hydrogen-bond donors (Lipinski definition) is 0. The number of carbonyl (C=O) groups excluding carboxylic acids is 1. The van der Waals surface area contributed by atoms with E-state index in [0.29, 0.717) is 38.8 Å². The van der Waals surface area contributed by atoms with Crippen molar-refractivity contribution in [2.24, 2.45) is 0 Å². The van der Waals surface area contributed by atoms with Crippen LogP contribution in [-0.2, 0) is 9.53 Å². The molecule has 0 N–H and O–H groups in total. The Morgan fingerprint density at radius 2 is 0.973 bits per heavy atom. The largest absolute Gasteiger partial charge is 0.460 e. The molecule has 0 aromatic carbocycles. The molecule has 222 valence electrons. The first-order valence-corrected chi connectivity index (χ1v) is 10.6. The van der Waals surface area contributed by atoms with Gasteiger partial charge < -0.3 is 9.64 Å². The second-order valence-corrected chi connectivity index (χ2v) is 8.03. The molecular weight excluding hydrogens is 559 g/mol. The summed E-state index contributed by atoms with van der Waals surface area (Å²) in [5.41, 5.74) is 0. The van der Waals surface area contributed by atoms with Gasteiger partial charge in [-0.3, -0.25) is 4.79 Å². The number of unbranched alkanes of at least 4 members (excludes halogenated alkanes) is 2. The third-order valence-electron chi connectivity index (χ3n) is 5.10. The highest BCUT2D eigenvalue weighted by molar-refractivity contribution is 5.69. The quantitative estimate of drug-likeness (QED) is 0.142. The molecular formula is C19H24F15NO2. The normalized spacial score (nSPS) is 14.9. The zero-order valence-electron chi connectivity index (χ0n) is 19.3. The first-order chi connectivity index (χ1) is 16.4. The molecule has 0 aliphatic heterocycles. The molecule has 0 saturated heterocycles. The van der Waals surface area contributed by atoms with E-state index in [-0.39, 0.29) is 6.54 Å². The van der Waals surface area contributed by atoms with Crippen LogP contribution in [0.2, 0.25) is 0 Å². The molecule has 18 heteroatoms. The van der Waals surface area contributed by atoms with E-state index < -0.39 is 60.7 Å². The van der Waals surface area contributed by atoms with Gasteiger partial charge in [-0.25, -0.2) is 0 Å². The summed E-state index contributed by atoms with van der Waals surface area (Å²) in [5.74, 6) is -48.9. The highest BCUT2D eigenvalue weighted by atomic mass is 19.4. The third-order valence-corrected chi connectivity index (χ3v) is 5.10. The number of ether oxygens (including phenoxy) is 1. The first-order valence-electron chi connectivity index (χ1n) is 10.6. The van der Waals surface area contributed by atoms with Crippen LogP contribution in [-0.4, -0.2) is 78.8 Å². The molecule has 0 bridgehead atoms. The molecule has 0 spiro atoms. The van der Waals surface area contributed by atoms with Crippen molar-refractivity contribution in [3.05, 3.63) is 0 Å². The highest BCUT2D eigenvalue weighted by Crippen LogP contribution is 2.62. The van der Waals surface area contributed by atoms with Crippen molar-refractivity contribution in [3.63, 3.8) is 0 Å². The Morgan fingerprint density at radius 1 is 0.595 bits per heavy atom. The van der Waals surface area contributed by atoms with E-state index in [9.17, 15) is 70.7 Å². The van der Waals surface area contributed by atoms with Gasteiger partial charge in [-0.15, -0.1) is 0 Å². The fourth-order valence-electron chi connectivity index (χ4n) is 2.68. The monoisotopic (exact) mass is 583 g/mol. The fraction of sp³-hybridized carbons (Fsp3) is 0.947. The Kier molecular flexibility index (Phi) is 11.5. The van der Waals surface area contributed by atoms with Crippen LogP contribution in [0.5, 0.6) is 0 Å². The minimum atomic E-state index is -8.37. The summed E-state index contributed by atoms with van der Waals surface area (Å²) in [6.07, 6.45) is -5.76. The number of halogens is 15. The molecule has 0 fully saturated rings. The Hall–Kier alpha value is -1.62. The molecule has 0 aliphatic rings. The maximum absolute atomic E-state index is 13.7. The lowest BCUT2D eigenvalue weighted by molar-refractivity contribution is -0.453. The summed E-state index contributed by atoms with van der Waals surface area (Å²) < 4.78 is 201. The summed E-state index contributed by atoms with van der Waals surface area (Å²) in [7, 11) is 0. The van der Waals surface area contributed by atoms with Crippen LogP contribution < -0.4 is 0 Å². The van der Waals surface area contributed by atoms with E-state index >= 15 is 0 Å². The maximum Gasteiger partial charge on any atom is 0.460 e. The lowest BCUT2D eigenvalue weighted by Crippen LogP contribution is -2.73. The van der Waals surface area contributed by atoms with Crippen molar-refractivity contribution in [2.75, 3.05) is 26.2 Å². The molecule has 0 radical (unpaired) electrons. The summed E-state index contributed by atoms with van der Waals surface area (Å²) in [6, 6.07) is 0. The fourth-order valence-corrected chi connectivity index (χ4v) is 2.68. The number of carbonyl (C=O) groups is 1. The smallest absolute Gasteiger partial charge is 0.459 e. The predicted octanol–water partition coefficient (Wildman–Crippen LogP) is 7.20. The summed E-state index contributed by atoms with van der Waals surface area (Å²) in [6.45, 7) is 1.16. The van der Waals surface area contributed by atoms with Gasteiger partial charge in [0.2, 0.25) is 0 Å². The van der Waals surface area contributed by atoms with E-state index in [0.717, 1.165) is 0 Å². The highest BCUT2D eigenvalue weighted by Gasteiger charge is 2.93. The Morgan fingerprint density at radius 3 is 1.35 bits per heavy atom. The lowest BCUT2D eigenvalue weighted by Gasteiger charge is -2.41. The van der Waals surface area contributed by atoms with Crippen molar-refractivity contribution >= 4 is 5.97 Å². The Balaban J connectivity index is 5.69. The minimum Gasteiger partial charge on any atom is -0.459 e.